The molecule has 1 aromatic carbocycles. The third-order valence-corrected chi connectivity index (χ3v) is 3.77. The van der Waals surface area contributed by atoms with Gasteiger partial charge >= 0.3 is 0 Å². The van der Waals surface area contributed by atoms with E-state index in [2.05, 4.69) is 80.4 Å². The van der Waals surface area contributed by atoms with Gasteiger partial charge in [-0.3, -0.25) is 0 Å². The minimum Gasteiger partial charge on any atom is -0.235 e. The molecule has 0 amide bonds. The van der Waals surface area contributed by atoms with Gasteiger partial charge in [0.15, 0.2) is 0 Å². The van der Waals surface area contributed by atoms with Crippen molar-refractivity contribution in [3.8, 4) is 0 Å². The minimum absolute atomic E-state index is 0.229. The number of nitrogens with zero attached hydrogens (tertiary/aromatic N) is 2. The van der Waals surface area contributed by atoms with Crippen molar-refractivity contribution >= 4 is 0 Å². The van der Waals surface area contributed by atoms with E-state index in [-0.39, 0.29) is 5.41 Å². The Bertz CT molecular complexity index is 542. The van der Waals surface area contributed by atoms with Crippen LogP contribution in [0.4, 0.5) is 0 Å². The van der Waals surface area contributed by atoms with Crippen molar-refractivity contribution in [3.63, 3.8) is 0 Å². The second-order valence-corrected chi connectivity index (χ2v) is 6.21. The largest absolute Gasteiger partial charge is 0.253 e. The summed E-state index contributed by atoms with van der Waals surface area (Å²) in [6.45, 7) is 13.1. The fourth-order valence-corrected chi connectivity index (χ4v) is 2.35. The Morgan fingerprint density at radius 2 is 1.74 bits per heavy atom. The van der Waals surface area contributed by atoms with Gasteiger partial charge in [-0.25, -0.2) is 9.13 Å². The molecule has 0 saturated heterocycles. The molecule has 2 rings (SSSR count). The summed E-state index contributed by atoms with van der Waals surface area (Å²) in [7, 11) is 0. The molecule has 1 heterocycles. The van der Waals surface area contributed by atoms with E-state index in [0.29, 0.717) is 0 Å². The fraction of sp³-hybridized carbons (Fsp3) is 0.471. The molecular weight excluding hydrogens is 232 g/mol. The molecule has 2 heteroatoms. The van der Waals surface area contributed by atoms with Crippen LogP contribution in [0.15, 0.2) is 36.7 Å². The van der Waals surface area contributed by atoms with E-state index >= 15 is 0 Å². The number of hydrogen-bond acceptors (Lipinski definition) is 0. The highest BCUT2D eigenvalue weighted by atomic mass is 15.1. The maximum atomic E-state index is 2.30. The summed E-state index contributed by atoms with van der Waals surface area (Å²) in [5, 5.41) is 0. The van der Waals surface area contributed by atoms with Gasteiger partial charge in [-0.15, -0.1) is 0 Å². The second kappa shape index (κ2) is 5.20. The maximum Gasteiger partial charge on any atom is 0.253 e. The Morgan fingerprint density at radius 1 is 1.11 bits per heavy atom. The summed E-state index contributed by atoms with van der Waals surface area (Å²) in [5.74, 6) is 1.31. The van der Waals surface area contributed by atoms with Crippen LogP contribution in [0, 0.1) is 6.92 Å². The summed E-state index contributed by atoms with van der Waals surface area (Å²) in [6.07, 6.45) is 4.31. The van der Waals surface area contributed by atoms with E-state index in [4.69, 9.17) is 0 Å². The van der Waals surface area contributed by atoms with Gasteiger partial charge in [0.05, 0.1) is 6.54 Å². The van der Waals surface area contributed by atoms with Crippen molar-refractivity contribution < 1.29 is 4.57 Å². The molecule has 102 valence electrons. The Balaban J connectivity index is 2.17. The molecule has 0 aliphatic rings. The van der Waals surface area contributed by atoms with Crippen LogP contribution in [0.25, 0.3) is 0 Å². The lowest BCUT2D eigenvalue weighted by molar-refractivity contribution is -0.694. The predicted octanol–water partition coefficient (Wildman–Crippen LogP) is 3.45. The molecule has 0 aliphatic carbocycles. The van der Waals surface area contributed by atoms with E-state index in [0.717, 1.165) is 13.1 Å². The van der Waals surface area contributed by atoms with Crippen molar-refractivity contribution in [3.05, 3.63) is 53.6 Å². The van der Waals surface area contributed by atoms with E-state index < -0.39 is 0 Å². The van der Waals surface area contributed by atoms with Crippen molar-refractivity contribution in [1.82, 2.24) is 4.57 Å². The Kier molecular flexibility index (Phi) is 3.79. The van der Waals surface area contributed by atoms with Crippen molar-refractivity contribution in [2.45, 2.75) is 53.1 Å². The molecule has 0 saturated carbocycles. The van der Waals surface area contributed by atoms with E-state index in [1.807, 2.05) is 0 Å². The van der Waals surface area contributed by atoms with Gasteiger partial charge in [0.1, 0.15) is 18.9 Å². The number of hydrogen-bond donors (Lipinski definition) is 0. The molecule has 2 aromatic rings. The average molecular weight is 257 g/mol. The zero-order chi connectivity index (χ0) is 14.0. The third kappa shape index (κ3) is 3.06. The monoisotopic (exact) mass is 257 g/mol. The first kappa shape index (κ1) is 13.9. The van der Waals surface area contributed by atoms with Gasteiger partial charge in [0, 0.05) is 6.92 Å². The highest BCUT2D eigenvalue weighted by Crippen LogP contribution is 2.22. The zero-order valence-electron chi connectivity index (χ0n) is 12.8. The molecule has 0 bridgehead atoms. The lowest BCUT2D eigenvalue weighted by Gasteiger charge is -2.18. The molecule has 0 fully saturated rings. The summed E-state index contributed by atoms with van der Waals surface area (Å²) >= 11 is 0. The predicted molar refractivity (Wildman–Crippen MR) is 79.3 cm³/mol. The van der Waals surface area contributed by atoms with Crippen LogP contribution in [-0.2, 0) is 18.5 Å². The number of imidazole rings is 1. The lowest BCUT2D eigenvalue weighted by atomic mass is 9.87. The average Bonchev–Trinajstić information content (AvgIpc) is 2.70. The summed E-state index contributed by atoms with van der Waals surface area (Å²) in [5.41, 5.74) is 2.98. The molecule has 0 radical (unpaired) electrons. The van der Waals surface area contributed by atoms with Crippen LogP contribution in [0.2, 0.25) is 0 Å². The molecule has 0 unspecified atom stereocenters. The molecule has 0 spiro atoms. The second-order valence-electron chi connectivity index (χ2n) is 6.21. The lowest BCUT2D eigenvalue weighted by Crippen LogP contribution is -2.36. The fourth-order valence-electron chi connectivity index (χ4n) is 2.35. The molecule has 0 N–H and O–H groups in total. The summed E-state index contributed by atoms with van der Waals surface area (Å²) in [4.78, 5) is 0. The van der Waals surface area contributed by atoms with E-state index in [1.54, 1.807) is 0 Å². The first-order chi connectivity index (χ1) is 8.91. The minimum atomic E-state index is 0.229. The topological polar surface area (TPSA) is 8.81 Å². The smallest absolute Gasteiger partial charge is 0.235 e. The standard InChI is InChI=1S/C17H25N2/c1-6-18-11-12-19(14(18)2)13-15-7-9-16(10-8-15)17(3,4)5/h7-12H,6,13H2,1-5H3/q+1. The zero-order valence-corrected chi connectivity index (χ0v) is 12.8. The van der Waals surface area contributed by atoms with Crippen LogP contribution in [0.5, 0.6) is 0 Å². The first-order valence-electron chi connectivity index (χ1n) is 7.06. The molecule has 0 aliphatic heterocycles. The van der Waals surface area contributed by atoms with Gasteiger partial charge in [0.25, 0.3) is 5.82 Å². The van der Waals surface area contributed by atoms with Crippen LogP contribution >= 0.6 is 0 Å². The molecule has 19 heavy (non-hydrogen) atoms. The van der Waals surface area contributed by atoms with Crippen molar-refractivity contribution in [1.29, 1.82) is 0 Å². The Labute approximate surface area is 116 Å². The molecule has 2 nitrogen and oxygen atoms in total. The van der Waals surface area contributed by atoms with Gasteiger partial charge in [-0.2, -0.15) is 0 Å². The highest BCUT2D eigenvalue weighted by Gasteiger charge is 2.14. The SMILES string of the molecule is CCn1cc[n+](Cc2ccc(C(C)(C)C)cc2)c1C. The summed E-state index contributed by atoms with van der Waals surface area (Å²) in [6, 6.07) is 9.00. The Hall–Kier alpha value is -1.57. The number of aromatic nitrogens is 2. The van der Waals surface area contributed by atoms with Gasteiger partial charge < -0.3 is 0 Å². The third-order valence-electron chi connectivity index (χ3n) is 3.77. The number of aryl methyl sites for hydroxylation is 1. The van der Waals surface area contributed by atoms with Crippen molar-refractivity contribution in [2.24, 2.45) is 0 Å². The summed E-state index contributed by atoms with van der Waals surface area (Å²) < 4.78 is 4.57. The van der Waals surface area contributed by atoms with E-state index in [9.17, 15) is 0 Å². The Morgan fingerprint density at radius 3 is 2.21 bits per heavy atom. The van der Waals surface area contributed by atoms with E-state index in [1.165, 1.54) is 17.0 Å². The van der Waals surface area contributed by atoms with Crippen molar-refractivity contribution in [2.75, 3.05) is 0 Å². The molecule has 1 aromatic heterocycles. The van der Waals surface area contributed by atoms with Gasteiger partial charge in [-0.1, -0.05) is 45.0 Å². The van der Waals surface area contributed by atoms with Crippen LogP contribution < -0.4 is 4.57 Å². The van der Waals surface area contributed by atoms with Crippen LogP contribution in [0.3, 0.4) is 0 Å². The van der Waals surface area contributed by atoms with Crippen LogP contribution in [-0.4, -0.2) is 4.57 Å². The number of rotatable bonds is 3. The number of benzene rings is 1. The van der Waals surface area contributed by atoms with Gasteiger partial charge in [-0.05, 0) is 23.5 Å². The first-order valence-corrected chi connectivity index (χ1v) is 7.06. The normalized spacial score (nSPS) is 11.8. The molecular formula is C17H25N2+. The van der Waals surface area contributed by atoms with Gasteiger partial charge in [0.2, 0.25) is 0 Å². The van der Waals surface area contributed by atoms with Crippen LogP contribution in [0.1, 0.15) is 44.6 Å². The quantitative estimate of drug-likeness (QED) is 0.745. The highest BCUT2D eigenvalue weighted by molar-refractivity contribution is 5.27. The molecule has 0 atom stereocenters. The maximum absolute atomic E-state index is 2.30.